The Balaban J connectivity index is 1.97. The van der Waals surface area contributed by atoms with E-state index in [0.29, 0.717) is 17.0 Å². The van der Waals surface area contributed by atoms with Crippen LogP contribution in [0.4, 0.5) is 11.4 Å². The molecule has 1 N–H and O–H groups in total. The van der Waals surface area contributed by atoms with Gasteiger partial charge in [-0.2, -0.15) is 0 Å². The number of ether oxygens (including phenoxy) is 1. The Morgan fingerprint density at radius 2 is 1.78 bits per heavy atom. The Bertz CT molecular complexity index is 779. The number of hydrogen-bond donors (Lipinski definition) is 1. The minimum Gasteiger partial charge on any atom is -0.481 e. The van der Waals surface area contributed by atoms with Gasteiger partial charge in [0, 0.05) is 12.7 Å². The summed E-state index contributed by atoms with van der Waals surface area (Å²) in [7, 11) is 1.68. The highest BCUT2D eigenvalue weighted by atomic mass is 16.5. The van der Waals surface area contributed by atoms with Crippen molar-refractivity contribution in [3.05, 3.63) is 53.1 Å². The molecule has 118 valence electrons. The van der Waals surface area contributed by atoms with Gasteiger partial charge in [-0.1, -0.05) is 24.3 Å². The lowest BCUT2D eigenvalue weighted by Crippen LogP contribution is -2.36. The molecule has 0 spiro atoms. The Labute approximate surface area is 134 Å². The number of anilines is 2. The molecule has 0 aromatic heterocycles. The van der Waals surface area contributed by atoms with E-state index < -0.39 is 0 Å². The Kier molecular flexibility index (Phi) is 3.78. The van der Waals surface area contributed by atoms with Crippen LogP contribution < -0.4 is 15.0 Å². The lowest BCUT2D eigenvalue weighted by molar-refractivity contribution is -0.121. The molecule has 3 rings (SSSR count). The molecule has 2 aromatic carbocycles. The van der Waals surface area contributed by atoms with Crippen LogP contribution in [0.1, 0.15) is 21.5 Å². The largest absolute Gasteiger partial charge is 0.481 e. The van der Waals surface area contributed by atoms with Crippen LogP contribution in [0.5, 0.6) is 5.75 Å². The van der Waals surface area contributed by atoms with Crippen molar-refractivity contribution < 1.29 is 14.3 Å². The Hall–Kier alpha value is -2.82. The third-order valence-electron chi connectivity index (χ3n) is 4.03. The van der Waals surface area contributed by atoms with Gasteiger partial charge in [0.15, 0.2) is 12.4 Å². The molecule has 0 atom stereocenters. The Morgan fingerprint density at radius 1 is 1.13 bits per heavy atom. The number of rotatable bonds is 2. The van der Waals surface area contributed by atoms with Crippen molar-refractivity contribution >= 4 is 23.2 Å². The molecule has 23 heavy (non-hydrogen) atoms. The first-order valence-electron chi connectivity index (χ1n) is 7.39. The van der Waals surface area contributed by atoms with E-state index in [2.05, 4.69) is 5.32 Å². The van der Waals surface area contributed by atoms with Crippen LogP contribution in [0.2, 0.25) is 0 Å². The summed E-state index contributed by atoms with van der Waals surface area (Å²) in [4.78, 5) is 25.9. The zero-order valence-corrected chi connectivity index (χ0v) is 13.3. The van der Waals surface area contributed by atoms with Crippen molar-refractivity contribution in [1.29, 1.82) is 0 Å². The van der Waals surface area contributed by atoms with E-state index in [-0.39, 0.29) is 18.4 Å². The number of para-hydroxylation sites is 2. The fraction of sp³-hybridized carbons (Fsp3) is 0.222. The van der Waals surface area contributed by atoms with Crippen molar-refractivity contribution in [1.82, 2.24) is 0 Å². The summed E-state index contributed by atoms with van der Waals surface area (Å²) in [5.41, 5.74) is 3.82. The molecular weight excluding hydrogens is 292 g/mol. The number of fused-ring (bicyclic) bond motifs is 1. The summed E-state index contributed by atoms with van der Waals surface area (Å²) in [6, 6.07) is 11.1. The average molecular weight is 310 g/mol. The molecule has 2 aromatic rings. The van der Waals surface area contributed by atoms with Crippen molar-refractivity contribution in [2.24, 2.45) is 0 Å². The van der Waals surface area contributed by atoms with Crippen LogP contribution in [0, 0.1) is 13.8 Å². The fourth-order valence-corrected chi connectivity index (χ4v) is 2.68. The highest BCUT2D eigenvalue weighted by molar-refractivity contribution is 6.09. The predicted octanol–water partition coefficient (Wildman–Crippen LogP) is 2.91. The third kappa shape index (κ3) is 2.65. The number of hydrogen-bond acceptors (Lipinski definition) is 3. The molecule has 0 unspecified atom stereocenters. The number of benzene rings is 2. The summed E-state index contributed by atoms with van der Waals surface area (Å²) < 4.78 is 5.50. The minimum atomic E-state index is -0.248. The van der Waals surface area contributed by atoms with E-state index in [1.807, 2.05) is 32.0 Å². The first kappa shape index (κ1) is 15.1. The minimum absolute atomic E-state index is 0.0583. The predicted molar refractivity (Wildman–Crippen MR) is 89.2 cm³/mol. The van der Waals surface area contributed by atoms with Gasteiger partial charge >= 0.3 is 0 Å². The van der Waals surface area contributed by atoms with Crippen LogP contribution >= 0.6 is 0 Å². The molecule has 0 aliphatic carbocycles. The van der Waals surface area contributed by atoms with Crippen molar-refractivity contribution in [2.45, 2.75) is 13.8 Å². The van der Waals surface area contributed by atoms with Crippen LogP contribution in [0.25, 0.3) is 0 Å². The second-order valence-electron chi connectivity index (χ2n) is 5.62. The van der Waals surface area contributed by atoms with Gasteiger partial charge in [-0.15, -0.1) is 0 Å². The van der Waals surface area contributed by atoms with E-state index in [1.165, 1.54) is 4.90 Å². The van der Waals surface area contributed by atoms with Crippen LogP contribution in [0.15, 0.2) is 36.4 Å². The van der Waals surface area contributed by atoms with E-state index >= 15 is 0 Å². The lowest BCUT2D eigenvalue weighted by atomic mass is 10.1. The standard InChI is InChI=1S/C18H18N2O3/c1-11-6-4-7-12(2)16(11)19-18(22)13-8-5-9-14-17(13)23-10-15(21)20(14)3/h4-9H,10H2,1-3H3,(H,19,22). The van der Waals surface area contributed by atoms with E-state index in [4.69, 9.17) is 4.74 Å². The lowest BCUT2D eigenvalue weighted by Gasteiger charge is -2.27. The molecule has 1 heterocycles. The molecule has 0 radical (unpaired) electrons. The number of aryl methyl sites for hydroxylation is 2. The highest BCUT2D eigenvalue weighted by Crippen LogP contribution is 2.35. The number of carbonyl (C=O) groups is 2. The average Bonchev–Trinajstić information content (AvgIpc) is 2.54. The van der Waals surface area contributed by atoms with Gasteiger partial charge in [-0.25, -0.2) is 0 Å². The number of amides is 2. The third-order valence-corrected chi connectivity index (χ3v) is 4.03. The highest BCUT2D eigenvalue weighted by Gasteiger charge is 2.26. The molecule has 2 amide bonds. The first-order valence-corrected chi connectivity index (χ1v) is 7.39. The second kappa shape index (κ2) is 5.76. The van der Waals surface area contributed by atoms with Crippen LogP contribution in [-0.4, -0.2) is 25.5 Å². The molecule has 0 fully saturated rings. The monoisotopic (exact) mass is 310 g/mol. The SMILES string of the molecule is Cc1cccc(C)c1NC(=O)c1cccc2c1OCC(=O)N2C. The number of likely N-dealkylation sites (N-methyl/N-ethyl adjacent to an activating group) is 1. The summed E-state index contributed by atoms with van der Waals surface area (Å²) in [6.45, 7) is 3.84. The van der Waals surface area contributed by atoms with Gasteiger partial charge in [0.25, 0.3) is 11.8 Å². The molecule has 1 aliphatic rings. The maximum atomic E-state index is 12.7. The van der Waals surface area contributed by atoms with Crippen LogP contribution in [-0.2, 0) is 4.79 Å². The van der Waals surface area contributed by atoms with Gasteiger partial charge in [0.05, 0.1) is 11.3 Å². The van der Waals surface area contributed by atoms with E-state index in [9.17, 15) is 9.59 Å². The molecule has 5 nitrogen and oxygen atoms in total. The van der Waals surface area contributed by atoms with Crippen molar-refractivity contribution in [2.75, 3.05) is 23.9 Å². The van der Waals surface area contributed by atoms with E-state index in [1.54, 1.807) is 25.2 Å². The zero-order chi connectivity index (χ0) is 16.6. The molecule has 0 bridgehead atoms. The van der Waals surface area contributed by atoms with Crippen LogP contribution in [0.3, 0.4) is 0 Å². The Morgan fingerprint density at radius 3 is 2.48 bits per heavy atom. The smallest absolute Gasteiger partial charge is 0.264 e. The van der Waals surface area contributed by atoms with E-state index in [0.717, 1.165) is 16.8 Å². The van der Waals surface area contributed by atoms with Gasteiger partial charge in [0.2, 0.25) is 0 Å². The quantitative estimate of drug-likeness (QED) is 0.928. The first-order chi connectivity index (χ1) is 11.0. The maximum absolute atomic E-state index is 12.7. The van der Waals surface area contributed by atoms with Crippen molar-refractivity contribution in [3.8, 4) is 5.75 Å². The summed E-state index contributed by atoms with van der Waals surface area (Å²) >= 11 is 0. The normalized spacial score (nSPS) is 13.3. The number of carbonyl (C=O) groups excluding carboxylic acids is 2. The number of nitrogens with one attached hydrogen (secondary N) is 1. The van der Waals surface area contributed by atoms with Gasteiger partial charge < -0.3 is 15.0 Å². The van der Waals surface area contributed by atoms with Crippen molar-refractivity contribution in [3.63, 3.8) is 0 Å². The van der Waals surface area contributed by atoms with Gasteiger partial charge in [-0.05, 0) is 37.1 Å². The number of nitrogens with zero attached hydrogens (tertiary/aromatic N) is 1. The summed E-state index contributed by atoms with van der Waals surface area (Å²) in [6.07, 6.45) is 0. The zero-order valence-electron chi connectivity index (χ0n) is 13.3. The van der Waals surface area contributed by atoms with Gasteiger partial charge in [-0.3, -0.25) is 9.59 Å². The van der Waals surface area contributed by atoms with Gasteiger partial charge in [0.1, 0.15) is 0 Å². The summed E-state index contributed by atoms with van der Waals surface area (Å²) in [5, 5.41) is 2.95. The molecule has 0 saturated carbocycles. The topological polar surface area (TPSA) is 58.6 Å². The fourth-order valence-electron chi connectivity index (χ4n) is 2.68. The molecule has 1 aliphatic heterocycles. The maximum Gasteiger partial charge on any atom is 0.264 e. The molecule has 0 saturated heterocycles. The molecular formula is C18H18N2O3. The molecule has 5 heteroatoms. The summed E-state index contributed by atoms with van der Waals surface area (Å²) in [5.74, 6) is 0.0603. The second-order valence-corrected chi connectivity index (χ2v) is 5.62.